The Hall–Kier alpha value is -1.88. The van der Waals surface area contributed by atoms with Crippen LogP contribution >= 0.6 is 0 Å². The molecule has 2 N–H and O–H groups in total. The first-order valence-electron chi connectivity index (χ1n) is 5.84. The van der Waals surface area contributed by atoms with Crippen molar-refractivity contribution in [2.75, 3.05) is 13.2 Å². The molecule has 1 atom stereocenters. The third-order valence-corrected chi connectivity index (χ3v) is 2.90. The van der Waals surface area contributed by atoms with E-state index >= 15 is 0 Å². The van der Waals surface area contributed by atoms with Gasteiger partial charge in [0.1, 0.15) is 6.54 Å². The number of ether oxygens (including phenoxy) is 1. The largest absolute Gasteiger partial charge is 0.480 e. The van der Waals surface area contributed by atoms with E-state index in [1.54, 1.807) is 0 Å². The number of hydrogen-bond acceptors (Lipinski definition) is 3. The van der Waals surface area contributed by atoms with Crippen molar-refractivity contribution in [1.29, 1.82) is 0 Å². The highest BCUT2D eigenvalue weighted by molar-refractivity contribution is 5.81. The number of benzene rings is 1. The van der Waals surface area contributed by atoms with Crippen LogP contribution in [0.3, 0.4) is 0 Å². The summed E-state index contributed by atoms with van der Waals surface area (Å²) in [4.78, 5) is 21.9. The normalized spacial score (nSPS) is 17.9. The first-order valence-corrected chi connectivity index (χ1v) is 5.84. The molecule has 1 aliphatic rings. The molecule has 1 amide bonds. The zero-order valence-corrected chi connectivity index (χ0v) is 9.89. The summed E-state index contributed by atoms with van der Waals surface area (Å²) in [6, 6.07) is 7.85. The average molecular weight is 249 g/mol. The minimum absolute atomic E-state index is 0.157. The molecule has 0 fully saturated rings. The zero-order valence-electron chi connectivity index (χ0n) is 9.89. The lowest BCUT2D eigenvalue weighted by atomic mass is 9.96. The van der Waals surface area contributed by atoms with Crippen LogP contribution in [0.4, 0.5) is 0 Å². The Morgan fingerprint density at radius 3 is 2.94 bits per heavy atom. The van der Waals surface area contributed by atoms with Gasteiger partial charge < -0.3 is 15.2 Å². The van der Waals surface area contributed by atoms with Gasteiger partial charge in [-0.3, -0.25) is 9.59 Å². The second-order valence-corrected chi connectivity index (χ2v) is 4.18. The topological polar surface area (TPSA) is 75.6 Å². The van der Waals surface area contributed by atoms with Gasteiger partial charge >= 0.3 is 5.97 Å². The molecule has 18 heavy (non-hydrogen) atoms. The Bertz CT molecular complexity index is 458. The molecule has 0 radical (unpaired) electrons. The minimum Gasteiger partial charge on any atom is -0.480 e. The lowest BCUT2D eigenvalue weighted by molar-refractivity contribution is -0.138. The van der Waals surface area contributed by atoms with E-state index in [2.05, 4.69) is 5.32 Å². The minimum atomic E-state index is -1.05. The highest BCUT2D eigenvalue weighted by atomic mass is 16.5. The number of nitrogens with one attached hydrogen (secondary N) is 1. The molecule has 0 aliphatic carbocycles. The number of aliphatic carboxylic acids is 1. The van der Waals surface area contributed by atoms with E-state index < -0.39 is 5.97 Å². The van der Waals surface area contributed by atoms with Crippen LogP contribution in [0.1, 0.15) is 23.7 Å². The van der Waals surface area contributed by atoms with Gasteiger partial charge in [0.05, 0.1) is 19.1 Å². The van der Waals surface area contributed by atoms with Gasteiger partial charge in [-0.05, 0) is 17.5 Å². The second kappa shape index (κ2) is 5.64. The molecule has 2 rings (SSSR count). The van der Waals surface area contributed by atoms with Crippen molar-refractivity contribution in [3.63, 3.8) is 0 Å². The maximum Gasteiger partial charge on any atom is 0.322 e. The Kier molecular flexibility index (Phi) is 3.94. The van der Waals surface area contributed by atoms with Crippen LogP contribution < -0.4 is 5.32 Å². The predicted octanol–water partition coefficient (Wildman–Crippen LogP) is 0.891. The SMILES string of the molecule is O=C(O)CNC(=O)CC1OCCc2ccccc21. The van der Waals surface area contributed by atoms with Gasteiger partial charge in [-0.2, -0.15) is 0 Å². The van der Waals surface area contributed by atoms with E-state index in [1.807, 2.05) is 24.3 Å². The lowest BCUT2D eigenvalue weighted by Crippen LogP contribution is -2.31. The molecule has 5 heteroatoms. The molecule has 1 heterocycles. The summed E-state index contributed by atoms with van der Waals surface area (Å²) in [7, 11) is 0. The Morgan fingerprint density at radius 1 is 1.39 bits per heavy atom. The summed E-state index contributed by atoms with van der Waals surface area (Å²) < 4.78 is 5.57. The molecule has 1 aromatic rings. The summed E-state index contributed by atoms with van der Waals surface area (Å²) in [5.41, 5.74) is 2.22. The third-order valence-electron chi connectivity index (χ3n) is 2.90. The van der Waals surface area contributed by atoms with Gasteiger partial charge in [-0.1, -0.05) is 24.3 Å². The maximum absolute atomic E-state index is 11.6. The third kappa shape index (κ3) is 3.07. The van der Waals surface area contributed by atoms with Gasteiger partial charge in [0.25, 0.3) is 0 Å². The molecule has 1 unspecified atom stereocenters. The van der Waals surface area contributed by atoms with E-state index in [0.717, 1.165) is 12.0 Å². The summed E-state index contributed by atoms with van der Waals surface area (Å²) in [6.07, 6.45) is 0.733. The van der Waals surface area contributed by atoms with E-state index in [-0.39, 0.29) is 25.0 Å². The monoisotopic (exact) mass is 249 g/mol. The van der Waals surface area contributed by atoms with Crippen molar-refractivity contribution in [2.45, 2.75) is 18.9 Å². The molecule has 0 bridgehead atoms. The molecule has 0 spiro atoms. The number of carboxylic acid groups (broad SMARTS) is 1. The van der Waals surface area contributed by atoms with E-state index in [1.165, 1.54) is 5.56 Å². The van der Waals surface area contributed by atoms with Crippen LogP contribution in [-0.2, 0) is 20.7 Å². The van der Waals surface area contributed by atoms with Crippen LogP contribution in [0.15, 0.2) is 24.3 Å². The number of amides is 1. The molecular weight excluding hydrogens is 234 g/mol. The standard InChI is InChI=1S/C13H15NO4/c15-12(14-8-13(16)17)7-11-10-4-2-1-3-9(10)5-6-18-11/h1-4,11H,5-8H2,(H,14,15)(H,16,17). The molecule has 5 nitrogen and oxygen atoms in total. The maximum atomic E-state index is 11.6. The Labute approximate surface area is 105 Å². The van der Waals surface area contributed by atoms with Crippen molar-refractivity contribution in [3.05, 3.63) is 35.4 Å². The van der Waals surface area contributed by atoms with Gasteiger partial charge in [-0.25, -0.2) is 0 Å². The highest BCUT2D eigenvalue weighted by Crippen LogP contribution is 2.29. The number of carbonyl (C=O) groups is 2. The van der Waals surface area contributed by atoms with Crippen LogP contribution in [0.2, 0.25) is 0 Å². The second-order valence-electron chi connectivity index (χ2n) is 4.18. The lowest BCUT2D eigenvalue weighted by Gasteiger charge is -2.25. The summed E-state index contributed by atoms with van der Waals surface area (Å²) >= 11 is 0. The summed E-state index contributed by atoms with van der Waals surface area (Å²) in [5, 5.41) is 10.8. The zero-order chi connectivity index (χ0) is 13.0. The Balaban J connectivity index is 1.98. The predicted molar refractivity (Wildman–Crippen MR) is 64.1 cm³/mol. The van der Waals surface area contributed by atoms with Crippen molar-refractivity contribution >= 4 is 11.9 Å². The van der Waals surface area contributed by atoms with Crippen molar-refractivity contribution in [2.24, 2.45) is 0 Å². The van der Waals surface area contributed by atoms with Gasteiger partial charge in [-0.15, -0.1) is 0 Å². The fraction of sp³-hybridized carbons (Fsp3) is 0.385. The number of carboxylic acids is 1. The molecule has 0 saturated heterocycles. The number of fused-ring (bicyclic) bond motifs is 1. The number of carbonyl (C=O) groups excluding carboxylic acids is 1. The van der Waals surface area contributed by atoms with Crippen LogP contribution in [-0.4, -0.2) is 30.1 Å². The fourth-order valence-corrected chi connectivity index (χ4v) is 2.06. The smallest absolute Gasteiger partial charge is 0.322 e. The summed E-state index contributed by atoms with van der Waals surface area (Å²) in [5.74, 6) is -1.35. The van der Waals surface area contributed by atoms with Gasteiger partial charge in [0, 0.05) is 0 Å². The summed E-state index contributed by atoms with van der Waals surface area (Å²) in [6.45, 7) is 0.237. The quantitative estimate of drug-likeness (QED) is 0.831. The first-order chi connectivity index (χ1) is 8.66. The van der Waals surface area contributed by atoms with Gasteiger partial charge in [0.2, 0.25) is 5.91 Å². The molecule has 1 aromatic carbocycles. The first kappa shape index (κ1) is 12.6. The van der Waals surface area contributed by atoms with Crippen molar-refractivity contribution < 1.29 is 19.4 Å². The fourth-order valence-electron chi connectivity index (χ4n) is 2.06. The average Bonchev–Trinajstić information content (AvgIpc) is 2.37. The van der Waals surface area contributed by atoms with Crippen molar-refractivity contribution in [3.8, 4) is 0 Å². The number of hydrogen-bond donors (Lipinski definition) is 2. The van der Waals surface area contributed by atoms with Crippen molar-refractivity contribution in [1.82, 2.24) is 5.32 Å². The molecular formula is C13H15NO4. The van der Waals surface area contributed by atoms with E-state index in [9.17, 15) is 9.59 Å². The molecule has 96 valence electrons. The van der Waals surface area contributed by atoms with E-state index in [4.69, 9.17) is 9.84 Å². The van der Waals surface area contributed by atoms with Crippen LogP contribution in [0, 0.1) is 0 Å². The van der Waals surface area contributed by atoms with Crippen LogP contribution in [0.5, 0.6) is 0 Å². The van der Waals surface area contributed by atoms with E-state index in [0.29, 0.717) is 6.61 Å². The molecule has 1 aliphatic heterocycles. The Morgan fingerprint density at radius 2 is 2.17 bits per heavy atom. The molecule has 0 saturated carbocycles. The molecule has 0 aromatic heterocycles. The van der Waals surface area contributed by atoms with Gasteiger partial charge in [0.15, 0.2) is 0 Å². The number of rotatable bonds is 4. The van der Waals surface area contributed by atoms with Crippen LogP contribution in [0.25, 0.3) is 0 Å². The highest BCUT2D eigenvalue weighted by Gasteiger charge is 2.22.